The molecule has 0 unspecified atom stereocenters. The van der Waals surface area contributed by atoms with Crippen molar-refractivity contribution in [1.82, 2.24) is 10.6 Å². The number of rotatable bonds is 8. The van der Waals surface area contributed by atoms with Gasteiger partial charge in [-0.2, -0.15) is 0 Å². The van der Waals surface area contributed by atoms with E-state index >= 15 is 0 Å². The topological polar surface area (TPSA) is 88.7 Å². The molecule has 0 saturated heterocycles. The fraction of sp³-hybridized carbons (Fsp3) is 0.250. The number of nitrogens with one attached hydrogen (secondary N) is 3. The first-order valence-electron chi connectivity index (χ1n) is 8.78. The summed E-state index contributed by atoms with van der Waals surface area (Å²) in [6.07, 6.45) is 0. The van der Waals surface area contributed by atoms with E-state index in [-0.39, 0.29) is 16.9 Å². The van der Waals surface area contributed by atoms with E-state index in [2.05, 4.69) is 16.0 Å². The predicted molar refractivity (Wildman–Crippen MR) is 112 cm³/mol. The van der Waals surface area contributed by atoms with Gasteiger partial charge in [0.05, 0.1) is 6.61 Å². The fourth-order valence-electron chi connectivity index (χ4n) is 2.31. The molecular formula is C20H23N3O4S. The third-order valence-electron chi connectivity index (χ3n) is 3.63. The Balaban J connectivity index is 1.93. The van der Waals surface area contributed by atoms with Crippen molar-refractivity contribution in [1.29, 1.82) is 0 Å². The molecule has 8 heteroatoms. The van der Waals surface area contributed by atoms with Gasteiger partial charge in [0.1, 0.15) is 12.4 Å². The Morgan fingerprint density at radius 1 is 1.00 bits per heavy atom. The molecule has 2 aromatic rings. The van der Waals surface area contributed by atoms with Crippen molar-refractivity contribution < 1.29 is 19.1 Å². The Labute approximate surface area is 169 Å². The average molecular weight is 401 g/mol. The first kappa shape index (κ1) is 21.3. The largest absolute Gasteiger partial charge is 0.491 e. The summed E-state index contributed by atoms with van der Waals surface area (Å²) < 4.78 is 10.8. The van der Waals surface area contributed by atoms with Gasteiger partial charge < -0.3 is 20.1 Å². The zero-order valence-electron chi connectivity index (χ0n) is 15.8. The Bertz CT molecular complexity index is 842. The molecule has 0 spiro atoms. The SMILES string of the molecule is CCOCCOc1cccc(C(=O)NC(=S)Nc2cccc(C(=O)NC)c2)c1. The van der Waals surface area contributed by atoms with Gasteiger partial charge in [-0.25, -0.2) is 0 Å². The van der Waals surface area contributed by atoms with Crippen molar-refractivity contribution in [3.8, 4) is 5.75 Å². The van der Waals surface area contributed by atoms with Crippen LogP contribution in [-0.2, 0) is 4.74 Å². The summed E-state index contributed by atoms with van der Waals surface area (Å²) in [4.78, 5) is 24.1. The van der Waals surface area contributed by atoms with Gasteiger partial charge in [-0.1, -0.05) is 12.1 Å². The van der Waals surface area contributed by atoms with Crippen molar-refractivity contribution in [2.24, 2.45) is 0 Å². The molecule has 7 nitrogen and oxygen atoms in total. The minimum Gasteiger partial charge on any atom is -0.491 e. The third kappa shape index (κ3) is 6.64. The Morgan fingerprint density at radius 2 is 1.71 bits per heavy atom. The van der Waals surface area contributed by atoms with E-state index in [1.165, 1.54) is 0 Å². The van der Waals surface area contributed by atoms with Crippen LogP contribution in [0.1, 0.15) is 27.6 Å². The first-order chi connectivity index (χ1) is 13.5. The molecule has 148 valence electrons. The normalized spacial score (nSPS) is 10.1. The lowest BCUT2D eigenvalue weighted by Crippen LogP contribution is -2.34. The molecule has 0 radical (unpaired) electrons. The van der Waals surface area contributed by atoms with Gasteiger partial charge >= 0.3 is 0 Å². The second kappa shape index (κ2) is 11.0. The van der Waals surface area contributed by atoms with E-state index in [4.69, 9.17) is 21.7 Å². The van der Waals surface area contributed by atoms with Crippen molar-refractivity contribution in [2.75, 3.05) is 32.2 Å². The van der Waals surface area contributed by atoms with Crippen LogP contribution in [0.3, 0.4) is 0 Å². The Morgan fingerprint density at radius 3 is 2.43 bits per heavy atom. The molecule has 2 aromatic carbocycles. The summed E-state index contributed by atoms with van der Waals surface area (Å²) >= 11 is 5.19. The molecule has 3 N–H and O–H groups in total. The highest BCUT2D eigenvalue weighted by Gasteiger charge is 2.10. The molecule has 0 aliphatic heterocycles. The van der Waals surface area contributed by atoms with E-state index in [1.54, 1.807) is 55.6 Å². The molecule has 0 aliphatic carbocycles. The maximum atomic E-state index is 12.4. The van der Waals surface area contributed by atoms with Crippen LogP contribution in [0.2, 0.25) is 0 Å². The van der Waals surface area contributed by atoms with Crippen LogP contribution in [0.15, 0.2) is 48.5 Å². The summed E-state index contributed by atoms with van der Waals surface area (Å²) in [5, 5.41) is 8.19. The maximum Gasteiger partial charge on any atom is 0.257 e. The van der Waals surface area contributed by atoms with Crippen LogP contribution in [0.5, 0.6) is 5.75 Å². The second-order valence-electron chi connectivity index (χ2n) is 5.64. The molecule has 0 saturated carbocycles. The minimum absolute atomic E-state index is 0.127. The lowest BCUT2D eigenvalue weighted by Gasteiger charge is -2.11. The summed E-state index contributed by atoms with van der Waals surface area (Å²) in [5.74, 6) is -0.000482. The van der Waals surface area contributed by atoms with Crippen molar-refractivity contribution in [3.63, 3.8) is 0 Å². The number of carbonyl (C=O) groups excluding carboxylic acids is 2. The van der Waals surface area contributed by atoms with Crippen molar-refractivity contribution >= 4 is 34.8 Å². The molecule has 0 atom stereocenters. The molecule has 0 bridgehead atoms. The van der Waals surface area contributed by atoms with E-state index in [1.807, 2.05) is 6.92 Å². The lowest BCUT2D eigenvalue weighted by molar-refractivity contribution is 0.0959. The predicted octanol–water partition coefficient (Wildman–Crippen LogP) is 2.59. The number of anilines is 1. The summed E-state index contributed by atoms with van der Waals surface area (Å²) in [7, 11) is 1.56. The zero-order valence-corrected chi connectivity index (χ0v) is 16.6. The van der Waals surface area contributed by atoms with Gasteiger partial charge in [0, 0.05) is 30.5 Å². The number of benzene rings is 2. The average Bonchev–Trinajstić information content (AvgIpc) is 2.71. The maximum absolute atomic E-state index is 12.4. The van der Waals surface area contributed by atoms with Crippen molar-refractivity contribution in [2.45, 2.75) is 6.92 Å². The smallest absolute Gasteiger partial charge is 0.257 e. The Hall–Kier alpha value is -2.97. The quantitative estimate of drug-likeness (QED) is 0.465. The van der Waals surface area contributed by atoms with Gasteiger partial charge in [0.2, 0.25) is 0 Å². The van der Waals surface area contributed by atoms with Gasteiger partial charge in [-0.05, 0) is 55.5 Å². The van der Waals surface area contributed by atoms with Gasteiger partial charge in [0.25, 0.3) is 11.8 Å². The molecule has 0 aliphatic rings. The van der Waals surface area contributed by atoms with Crippen LogP contribution in [-0.4, -0.2) is 43.8 Å². The van der Waals surface area contributed by atoms with E-state index in [9.17, 15) is 9.59 Å². The van der Waals surface area contributed by atoms with Gasteiger partial charge in [-0.15, -0.1) is 0 Å². The number of thiocarbonyl (C=S) groups is 1. The van der Waals surface area contributed by atoms with Crippen LogP contribution in [0.25, 0.3) is 0 Å². The number of hydrogen-bond donors (Lipinski definition) is 3. The number of hydrogen-bond acceptors (Lipinski definition) is 5. The molecule has 0 aromatic heterocycles. The molecule has 28 heavy (non-hydrogen) atoms. The number of ether oxygens (including phenoxy) is 2. The second-order valence-corrected chi connectivity index (χ2v) is 6.05. The molecule has 2 amide bonds. The summed E-state index contributed by atoms with van der Waals surface area (Å²) in [5.41, 5.74) is 1.50. The van der Waals surface area contributed by atoms with E-state index in [0.717, 1.165) is 0 Å². The Kier molecular flexibility index (Phi) is 8.38. The van der Waals surface area contributed by atoms with Crippen LogP contribution < -0.4 is 20.7 Å². The van der Waals surface area contributed by atoms with Crippen molar-refractivity contribution in [3.05, 3.63) is 59.7 Å². The number of amides is 2. The lowest BCUT2D eigenvalue weighted by atomic mass is 10.2. The highest BCUT2D eigenvalue weighted by atomic mass is 32.1. The first-order valence-corrected chi connectivity index (χ1v) is 9.19. The molecule has 0 heterocycles. The molecule has 0 fully saturated rings. The zero-order chi connectivity index (χ0) is 20.4. The highest BCUT2D eigenvalue weighted by molar-refractivity contribution is 7.80. The van der Waals surface area contributed by atoms with Gasteiger partial charge in [0.15, 0.2) is 5.11 Å². The van der Waals surface area contributed by atoms with E-state index < -0.39 is 0 Å². The number of carbonyl (C=O) groups is 2. The minimum atomic E-state index is -0.366. The summed E-state index contributed by atoms with van der Waals surface area (Å²) in [6.45, 7) is 3.43. The van der Waals surface area contributed by atoms with E-state index in [0.29, 0.717) is 42.4 Å². The highest BCUT2D eigenvalue weighted by Crippen LogP contribution is 2.14. The molecule has 2 rings (SSSR count). The monoisotopic (exact) mass is 401 g/mol. The van der Waals surface area contributed by atoms with Crippen LogP contribution >= 0.6 is 12.2 Å². The fourth-order valence-corrected chi connectivity index (χ4v) is 2.52. The van der Waals surface area contributed by atoms with Crippen LogP contribution in [0, 0.1) is 0 Å². The standard InChI is InChI=1S/C20H23N3O4S/c1-3-26-10-11-27-17-9-5-7-15(13-17)19(25)23-20(28)22-16-8-4-6-14(12-16)18(24)21-2/h4-9,12-13H,3,10-11H2,1-2H3,(H,21,24)(H2,22,23,25,28). The van der Waals surface area contributed by atoms with Gasteiger partial charge in [-0.3, -0.25) is 14.9 Å². The molecular weight excluding hydrogens is 378 g/mol. The summed E-state index contributed by atoms with van der Waals surface area (Å²) in [6, 6.07) is 13.6. The van der Waals surface area contributed by atoms with Crippen LogP contribution in [0.4, 0.5) is 5.69 Å². The third-order valence-corrected chi connectivity index (χ3v) is 3.84.